The van der Waals surface area contributed by atoms with Crippen LogP contribution in [0.5, 0.6) is 0 Å². The van der Waals surface area contributed by atoms with Crippen molar-refractivity contribution in [1.29, 1.82) is 0 Å². The summed E-state index contributed by atoms with van der Waals surface area (Å²) in [6.45, 7) is 5.32. The van der Waals surface area contributed by atoms with Gasteiger partial charge in [0.1, 0.15) is 0 Å². The van der Waals surface area contributed by atoms with E-state index in [-0.39, 0.29) is 70.2 Å². The van der Waals surface area contributed by atoms with Crippen molar-refractivity contribution < 1.29 is 64.6 Å². The van der Waals surface area contributed by atoms with Crippen LogP contribution in [0.25, 0.3) is 0 Å². The maximum Gasteiger partial charge on any atom is 1.00 e. The Labute approximate surface area is 137 Å². The van der Waals surface area contributed by atoms with Gasteiger partial charge in [0, 0.05) is 5.82 Å². The molecule has 1 rings (SSSR count). The predicted molar refractivity (Wildman–Crippen MR) is 55.0 cm³/mol. The van der Waals surface area contributed by atoms with Crippen LogP contribution < -0.4 is 57.1 Å². The first kappa shape index (κ1) is 21.6. The third-order valence-corrected chi connectivity index (χ3v) is 1.34. The molecule has 0 fully saturated rings. The minimum atomic E-state index is -4.40. The molecule has 1 aromatic heterocycles. The molecule has 0 saturated heterocycles. The molecule has 0 atom stereocenters. The zero-order chi connectivity index (χ0) is 11.4. The largest absolute Gasteiger partial charge is 1.00 e. The average molecular weight is 259 g/mol. The summed E-state index contributed by atoms with van der Waals surface area (Å²) < 4.78 is 36.2. The van der Waals surface area contributed by atoms with Crippen LogP contribution in [0.3, 0.4) is 0 Å². The second-order valence-electron chi connectivity index (χ2n) is 2.35. The van der Waals surface area contributed by atoms with Crippen molar-refractivity contribution in [2.24, 2.45) is 0 Å². The molecule has 0 aliphatic carbocycles. The van der Waals surface area contributed by atoms with Crippen molar-refractivity contribution in [1.82, 2.24) is 4.98 Å². The molecule has 2 N–H and O–H groups in total. The van der Waals surface area contributed by atoms with Crippen LogP contribution >= 0.6 is 0 Å². The number of aromatic nitrogens is 1. The van der Waals surface area contributed by atoms with Crippen molar-refractivity contribution in [3.8, 4) is 0 Å². The van der Waals surface area contributed by atoms with Crippen molar-refractivity contribution in [3.63, 3.8) is 0 Å². The number of halogens is 3. The summed E-state index contributed by atoms with van der Waals surface area (Å²) in [7, 11) is 0. The predicted octanol–water partition coefficient (Wildman–Crippen LogP) is 0.272. The number of anilines is 1. The van der Waals surface area contributed by atoms with E-state index in [4.69, 9.17) is 5.73 Å². The summed E-state index contributed by atoms with van der Waals surface area (Å²) in [4.78, 5) is 3.24. The molecule has 6 heteroatoms. The van der Waals surface area contributed by atoms with Gasteiger partial charge in [-0.05, 0) is 5.56 Å². The van der Waals surface area contributed by atoms with E-state index in [0.717, 1.165) is 0 Å². The Morgan fingerprint density at radius 2 is 1.75 bits per heavy atom. The molecule has 0 unspecified atom stereocenters. The van der Waals surface area contributed by atoms with Gasteiger partial charge in [0.05, 0.1) is 0 Å². The first-order chi connectivity index (χ1) is 6.41. The second kappa shape index (κ2) is 9.41. The summed E-state index contributed by atoms with van der Waals surface area (Å²) in [5.74, 6) is 0.0421. The molecule has 0 aliphatic heterocycles. The molecular formula is C10H15F3KN2-. The molecule has 0 aliphatic rings. The Hall–Kier alpha value is 0.376. The molecule has 1 heterocycles. The summed E-state index contributed by atoms with van der Waals surface area (Å²) in [5.41, 5.74) is 4.33. The first-order valence-corrected chi connectivity index (χ1v) is 4.13. The molecule has 0 radical (unpaired) electrons. The van der Waals surface area contributed by atoms with E-state index in [0.29, 0.717) is 0 Å². The summed E-state index contributed by atoms with van der Waals surface area (Å²) in [5, 5.41) is 0. The fourth-order valence-corrected chi connectivity index (χ4v) is 0.822. The van der Waals surface area contributed by atoms with E-state index < -0.39 is 11.7 Å². The van der Waals surface area contributed by atoms with Crippen LogP contribution in [0, 0.1) is 20.5 Å². The van der Waals surface area contributed by atoms with Crippen LogP contribution in [0.2, 0.25) is 0 Å². The Morgan fingerprint density at radius 1 is 1.31 bits per heavy atom. The normalized spacial score (nSPS) is 9.12. The Bertz CT molecular complexity index is 301. The van der Waals surface area contributed by atoms with Crippen LogP contribution in [0.15, 0.2) is 6.07 Å². The van der Waals surface area contributed by atoms with Gasteiger partial charge >= 0.3 is 57.6 Å². The van der Waals surface area contributed by atoms with Gasteiger partial charge in [-0.3, -0.25) is 0 Å². The minimum Gasteiger partial charge on any atom is -0.435 e. The number of hydrogen-bond donors (Lipinski definition) is 1. The van der Waals surface area contributed by atoms with E-state index in [1.807, 2.05) is 20.0 Å². The van der Waals surface area contributed by atoms with Crippen molar-refractivity contribution in [2.45, 2.75) is 26.9 Å². The van der Waals surface area contributed by atoms with Crippen LogP contribution in [-0.2, 0) is 6.18 Å². The van der Waals surface area contributed by atoms with E-state index >= 15 is 0 Å². The van der Waals surface area contributed by atoms with Crippen LogP contribution in [0.1, 0.15) is 25.0 Å². The molecule has 0 bridgehead atoms. The fourth-order valence-electron chi connectivity index (χ4n) is 0.822. The standard InChI is InChI=1S/C7H6F3N2.C2H6.CH3.K/c1-4-2-6(11)12-3-5(4)7(8,9)10;1-2;;/h2H,1H3,(H2,11,12);1-2H3;1H3;/q-1;;-1;+1. The maximum atomic E-state index is 12.1. The number of aryl methyl sites for hydroxylation is 1. The van der Waals surface area contributed by atoms with Gasteiger partial charge in [0.15, 0.2) is 0 Å². The molecule has 16 heavy (non-hydrogen) atoms. The third kappa shape index (κ3) is 6.85. The van der Waals surface area contributed by atoms with Gasteiger partial charge in [-0.2, -0.15) is 13.2 Å². The maximum absolute atomic E-state index is 12.1. The minimum absolute atomic E-state index is 0. The van der Waals surface area contributed by atoms with Gasteiger partial charge in [0.2, 0.25) is 0 Å². The molecule has 0 spiro atoms. The SMILES string of the molecule is CC.Cc1cc(N)n[c-]c1C(F)(F)F.[CH3-].[K+]. The molecule has 2 nitrogen and oxygen atoms in total. The number of nitrogens with zero attached hydrogens (tertiary/aromatic N) is 1. The smallest absolute Gasteiger partial charge is 0.435 e. The quantitative estimate of drug-likeness (QED) is 0.536. The number of nitrogens with two attached hydrogens (primary N) is 1. The van der Waals surface area contributed by atoms with E-state index in [2.05, 4.69) is 4.98 Å². The van der Waals surface area contributed by atoms with Crippen molar-refractivity contribution in [2.75, 3.05) is 5.73 Å². The summed E-state index contributed by atoms with van der Waals surface area (Å²) >= 11 is 0. The molecular weight excluding hydrogens is 244 g/mol. The van der Waals surface area contributed by atoms with Gasteiger partial charge in [-0.25, -0.2) is 0 Å². The first-order valence-electron chi connectivity index (χ1n) is 4.13. The average Bonchev–Trinajstić information content (AvgIpc) is 2.05. The number of nitrogen functional groups attached to an aromatic ring is 1. The van der Waals surface area contributed by atoms with E-state index in [9.17, 15) is 13.2 Å². The van der Waals surface area contributed by atoms with Gasteiger partial charge in [-0.1, -0.05) is 27.0 Å². The number of hydrogen-bond acceptors (Lipinski definition) is 2. The fraction of sp³-hybridized carbons (Fsp3) is 0.400. The molecule has 0 amide bonds. The number of alkyl halides is 3. The second-order valence-corrected chi connectivity index (χ2v) is 2.35. The number of pyridine rings is 1. The van der Waals surface area contributed by atoms with Gasteiger partial charge in [-0.15, -0.1) is 11.6 Å². The molecule has 0 aromatic carbocycles. The zero-order valence-corrected chi connectivity index (χ0v) is 13.4. The zero-order valence-electron chi connectivity index (χ0n) is 10.2. The monoisotopic (exact) mass is 259 g/mol. The molecule has 1 aromatic rings. The van der Waals surface area contributed by atoms with Gasteiger partial charge in [0.25, 0.3) is 0 Å². The van der Waals surface area contributed by atoms with Crippen molar-refractivity contribution >= 4 is 5.82 Å². The summed E-state index contributed by atoms with van der Waals surface area (Å²) in [6.07, 6.45) is -2.55. The number of rotatable bonds is 0. The Morgan fingerprint density at radius 3 is 2.06 bits per heavy atom. The van der Waals surface area contributed by atoms with E-state index in [1.165, 1.54) is 13.0 Å². The van der Waals surface area contributed by atoms with Crippen molar-refractivity contribution in [3.05, 3.63) is 30.8 Å². The Balaban J connectivity index is -0.000000399. The molecule has 0 saturated carbocycles. The Kier molecular flexibility index (Phi) is 12.7. The van der Waals surface area contributed by atoms with Crippen LogP contribution in [0.4, 0.5) is 19.0 Å². The topological polar surface area (TPSA) is 38.9 Å². The van der Waals surface area contributed by atoms with Gasteiger partial charge < -0.3 is 18.1 Å². The van der Waals surface area contributed by atoms with Crippen LogP contribution in [-0.4, -0.2) is 4.98 Å². The van der Waals surface area contributed by atoms with E-state index in [1.54, 1.807) is 0 Å². The summed E-state index contributed by atoms with van der Waals surface area (Å²) in [6, 6.07) is 1.17. The molecule has 88 valence electrons. The third-order valence-electron chi connectivity index (χ3n) is 1.34.